The number of nitrogens with one attached hydrogen (secondary N) is 1. The molecule has 1 aromatic rings. The van der Waals surface area contributed by atoms with Crippen LogP contribution in [0.2, 0.25) is 0 Å². The maximum Gasteiger partial charge on any atom is 0.224 e. The number of halogens is 1. The fraction of sp³-hybridized carbons (Fsp3) is 0.588. The van der Waals surface area contributed by atoms with Gasteiger partial charge in [0, 0.05) is 31.6 Å². The van der Waals surface area contributed by atoms with E-state index < -0.39 is 0 Å². The van der Waals surface area contributed by atoms with E-state index in [2.05, 4.69) is 5.32 Å². The Labute approximate surface area is 143 Å². The van der Waals surface area contributed by atoms with Crippen molar-refractivity contribution >= 4 is 18.3 Å². The van der Waals surface area contributed by atoms with Crippen LogP contribution in [-0.2, 0) is 16.1 Å². The Morgan fingerprint density at radius 1 is 1.35 bits per heavy atom. The fourth-order valence-corrected chi connectivity index (χ4v) is 2.81. The van der Waals surface area contributed by atoms with Crippen molar-refractivity contribution in [3.8, 4) is 5.75 Å². The van der Waals surface area contributed by atoms with Crippen molar-refractivity contribution in [2.24, 2.45) is 0 Å². The second-order valence-electron chi connectivity index (χ2n) is 6.03. The Bertz CT molecular complexity index is 499. The van der Waals surface area contributed by atoms with Gasteiger partial charge in [-0.05, 0) is 30.5 Å². The van der Waals surface area contributed by atoms with Crippen LogP contribution in [0, 0.1) is 0 Å². The predicted octanol–water partition coefficient (Wildman–Crippen LogP) is 1.99. The molecule has 2 fully saturated rings. The topological polar surface area (TPSA) is 50.8 Å². The van der Waals surface area contributed by atoms with Crippen LogP contribution in [0.15, 0.2) is 24.3 Å². The third kappa shape index (κ3) is 5.09. The summed E-state index contributed by atoms with van der Waals surface area (Å²) in [5.74, 6) is 1.07. The van der Waals surface area contributed by atoms with Gasteiger partial charge in [0.1, 0.15) is 5.75 Å². The molecule has 5 nitrogen and oxygen atoms in total. The molecule has 1 saturated carbocycles. The summed E-state index contributed by atoms with van der Waals surface area (Å²) in [4.78, 5) is 14.7. The summed E-state index contributed by atoms with van der Waals surface area (Å²) >= 11 is 0. The lowest BCUT2D eigenvalue weighted by Gasteiger charge is -2.28. The van der Waals surface area contributed by atoms with E-state index in [0.29, 0.717) is 25.6 Å². The molecule has 6 heteroatoms. The van der Waals surface area contributed by atoms with Crippen molar-refractivity contribution in [1.82, 2.24) is 10.2 Å². The summed E-state index contributed by atoms with van der Waals surface area (Å²) in [7, 11) is 1.66. The molecule has 3 rings (SSSR count). The Hall–Kier alpha value is -1.30. The standard InChI is InChI=1S/C17H24N2O3.ClH/c1-21-16-6-2-13(3-7-16)11-19(15-4-5-15)17(20)10-14-12-22-9-8-18-14;/h2-3,6-7,14-15,18H,4-5,8-12H2,1H3;1H. The summed E-state index contributed by atoms with van der Waals surface area (Å²) in [6, 6.07) is 8.52. The lowest BCUT2D eigenvalue weighted by molar-refractivity contribution is -0.133. The van der Waals surface area contributed by atoms with Gasteiger partial charge in [0.25, 0.3) is 0 Å². The van der Waals surface area contributed by atoms with Crippen LogP contribution >= 0.6 is 12.4 Å². The lowest BCUT2D eigenvalue weighted by atomic mass is 10.1. The lowest BCUT2D eigenvalue weighted by Crippen LogP contribution is -2.45. The van der Waals surface area contributed by atoms with E-state index in [0.717, 1.165) is 37.3 Å². The van der Waals surface area contributed by atoms with Gasteiger partial charge in [0.05, 0.1) is 20.3 Å². The number of amides is 1. The Morgan fingerprint density at radius 2 is 2.09 bits per heavy atom. The van der Waals surface area contributed by atoms with E-state index in [9.17, 15) is 4.79 Å². The summed E-state index contributed by atoms with van der Waals surface area (Å²) in [5, 5.41) is 3.35. The van der Waals surface area contributed by atoms with Crippen LogP contribution < -0.4 is 10.1 Å². The smallest absolute Gasteiger partial charge is 0.224 e. The minimum Gasteiger partial charge on any atom is -0.497 e. The Kier molecular flexibility index (Phi) is 6.69. The number of ether oxygens (including phenoxy) is 2. The highest BCUT2D eigenvalue weighted by Gasteiger charge is 2.33. The van der Waals surface area contributed by atoms with Gasteiger partial charge < -0.3 is 19.7 Å². The van der Waals surface area contributed by atoms with Gasteiger partial charge in [0.2, 0.25) is 5.91 Å². The van der Waals surface area contributed by atoms with Gasteiger partial charge in [-0.15, -0.1) is 12.4 Å². The third-order valence-electron chi connectivity index (χ3n) is 4.24. The van der Waals surface area contributed by atoms with E-state index in [1.54, 1.807) is 7.11 Å². The van der Waals surface area contributed by atoms with E-state index >= 15 is 0 Å². The van der Waals surface area contributed by atoms with Crippen LogP contribution in [0.4, 0.5) is 0 Å². The second-order valence-corrected chi connectivity index (χ2v) is 6.03. The average Bonchev–Trinajstić information content (AvgIpc) is 3.39. The number of nitrogens with zero attached hydrogens (tertiary/aromatic N) is 1. The first-order chi connectivity index (χ1) is 10.8. The maximum absolute atomic E-state index is 12.6. The maximum atomic E-state index is 12.6. The van der Waals surface area contributed by atoms with E-state index in [-0.39, 0.29) is 24.4 Å². The fourth-order valence-electron chi connectivity index (χ4n) is 2.81. The van der Waals surface area contributed by atoms with Crippen LogP contribution in [0.25, 0.3) is 0 Å². The summed E-state index contributed by atoms with van der Waals surface area (Å²) < 4.78 is 10.6. The van der Waals surface area contributed by atoms with Crippen LogP contribution in [-0.4, -0.2) is 49.8 Å². The number of carbonyl (C=O) groups excluding carboxylic acids is 1. The van der Waals surface area contributed by atoms with Crippen molar-refractivity contribution in [3.05, 3.63) is 29.8 Å². The molecule has 1 aliphatic heterocycles. The summed E-state index contributed by atoms with van der Waals surface area (Å²) in [6.07, 6.45) is 2.76. The van der Waals surface area contributed by atoms with E-state index in [4.69, 9.17) is 9.47 Å². The normalized spacial score (nSPS) is 20.5. The monoisotopic (exact) mass is 340 g/mol. The Balaban J connectivity index is 0.00000192. The van der Waals surface area contributed by atoms with Crippen molar-refractivity contribution < 1.29 is 14.3 Å². The number of carbonyl (C=O) groups is 1. The molecule has 0 spiro atoms. The molecule has 1 unspecified atom stereocenters. The van der Waals surface area contributed by atoms with Crippen molar-refractivity contribution in [2.45, 2.75) is 37.9 Å². The van der Waals surface area contributed by atoms with Crippen LogP contribution in [0.1, 0.15) is 24.8 Å². The Morgan fingerprint density at radius 3 is 2.65 bits per heavy atom. The molecule has 0 aromatic heterocycles. The van der Waals surface area contributed by atoms with Gasteiger partial charge >= 0.3 is 0 Å². The highest BCUT2D eigenvalue weighted by atomic mass is 35.5. The number of methoxy groups -OCH3 is 1. The first-order valence-corrected chi connectivity index (χ1v) is 8.00. The number of hydrogen-bond donors (Lipinski definition) is 1. The van der Waals surface area contributed by atoms with Crippen molar-refractivity contribution in [2.75, 3.05) is 26.9 Å². The molecule has 0 radical (unpaired) electrons. The first-order valence-electron chi connectivity index (χ1n) is 8.00. The van der Waals surface area contributed by atoms with Gasteiger partial charge in [-0.25, -0.2) is 0 Å². The number of hydrogen-bond acceptors (Lipinski definition) is 4. The third-order valence-corrected chi connectivity index (χ3v) is 4.24. The molecule has 2 aliphatic rings. The molecule has 1 atom stereocenters. The van der Waals surface area contributed by atoms with Gasteiger partial charge in [-0.1, -0.05) is 12.1 Å². The molecule has 1 aliphatic carbocycles. The van der Waals surface area contributed by atoms with E-state index in [1.807, 2.05) is 29.2 Å². The van der Waals surface area contributed by atoms with Crippen LogP contribution in [0.3, 0.4) is 0 Å². The molecule has 1 saturated heterocycles. The highest BCUT2D eigenvalue weighted by molar-refractivity contribution is 5.85. The quantitative estimate of drug-likeness (QED) is 0.860. The summed E-state index contributed by atoms with van der Waals surface area (Å²) in [5.41, 5.74) is 1.15. The van der Waals surface area contributed by atoms with Gasteiger partial charge in [-0.3, -0.25) is 4.79 Å². The first kappa shape index (κ1) is 18.0. The average molecular weight is 341 g/mol. The van der Waals surface area contributed by atoms with Crippen LogP contribution in [0.5, 0.6) is 5.75 Å². The second kappa shape index (κ2) is 8.52. The molecule has 23 heavy (non-hydrogen) atoms. The number of rotatable bonds is 6. The zero-order chi connectivity index (χ0) is 15.4. The zero-order valence-electron chi connectivity index (χ0n) is 13.5. The van der Waals surface area contributed by atoms with Crippen molar-refractivity contribution in [3.63, 3.8) is 0 Å². The molecule has 128 valence electrons. The minimum atomic E-state index is 0. The SMILES string of the molecule is COc1ccc(CN(C(=O)CC2COCCN2)C2CC2)cc1.Cl. The number of benzene rings is 1. The molecule has 1 heterocycles. The highest BCUT2D eigenvalue weighted by Crippen LogP contribution is 2.29. The van der Waals surface area contributed by atoms with Gasteiger partial charge in [0.15, 0.2) is 0 Å². The minimum absolute atomic E-state index is 0. The van der Waals surface area contributed by atoms with E-state index in [1.165, 1.54) is 0 Å². The van der Waals surface area contributed by atoms with Gasteiger partial charge in [-0.2, -0.15) is 0 Å². The van der Waals surface area contributed by atoms with Crippen molar-refractivity contribution in [1.29, 1.82) is 0 Å². The molecule has 1 aromatic carbocycles. The largest absolute Gasteiger partial charge is 0.497 e. The molecular formula is C17H25ClN2O3. The number of morpholine rings is 1. The molecular weight excluding hydrogens is 316 g/mol. The summed E-state index contributed by atoms with van der Waals surface area (Å²) in [6.45, 7) is 2.89. The molecule has 1 N–H and O–H groups in total. The zero-order valence-corrected chi connectivity index (χ0v) is 14.3. The molecule has 1 amide bonds. The molecule has 0 bridgehead atoms. The predicted molar refractivity (Wildman–Crippen MR) is 91.0 cm³/mol.